The minimum absolute atomic E-state index is 0.0230. The molecule has 0 aromatic heterocycles. The number of hydrogen-bond donors (Lipinski definition) is 0. The second-order valence-corrected chi connectivity index (χ2v) is 4.63. The van der Waals surface area contributed by atoms with Gasteiger partial charge in [0.15, 0.2) is 0 Å². The van der Waals surface area contributed by atoms with Crippen molar-refractivity contribution in [3.05, 3.63) is 6.54 Å². The first-order valence-electron chi connectivity index (χ1n) is 6.45. The number of likely N-dealkylation sites (N-methyl/N-ethyl adjacent to an activating group) is 1. The van der Waals surface area contributed by atoms with E-state index in [1.54, 1.807) is 0 Å². The number of carbonyl (C=O) groups excluding carboxylic acids is 1. The molecule has 1 unspecified atom stereocenters. The lowest BCUT2D eigenvalue weighted by molar-refractivity contribution is -0.148. The van der Waals surface area contributed by atoms with Crippen LogP contribution >= 0.6 is 0 Å². The number of nitrogens with zero attached hydrogens (tertiary/aromatic N) is 1. The van der Waals surface area contributed by atoms with Gasteiger partial charge >= 0.3 is 5.97 Å². The van der Waals surface area contributed by atoms with Crippen molar-refractivity contribution in [2.24, 2.45) is 0 Å². The van der Waals surface area contributed by atoms with Crippen LogP contribution in [0.25, 0.3) is 0 Å². The number of ether oxygens (including phenoxy) is 1. The fraction of sp³-hybridized carbons (Fsp3) is 0.846. The largest absolute Gasteiger partial charge is 0.461 e. The van der Waals surface area contributed by atoms with Crippen LogP contribution in [0.4, 0.5) is 0 Å². The standard InChI is InChI=1S/C13H24NO2/c1-3-4-5-6-7-8-13(15)16-12-9-10-14(2)11-12/h10,12H,3-9,11H2,1-2H3. The molecule has 3 nitrogen and oxygen atoms in total. The molecule has 1 rings (SSSR count). The summed E-state index contributed by atoms with van der Waals surface area (Å²) in [5.74, 6) is -0.0230. The van der Waals surface area contributed by atoms with Gasteiger partial charge in [-0.05, 0) is 13.5 Å². The van der Waals surface area contributed by atoms with Gasteiger partial charge in [-0.3, -0.25) is 9.69 Å². The van der Waals surface area contributed by atoms with Crippen molar-refractivity contribution in [1.82, 2.24) is 4.90 Å². The highest BCUT2D eigenvalue weighted by Crippen LogP contribution is 2.15. The minimum Gasteiger partial charge on any atom is -0.461 e. The third kappa shape index (κ3) is 5.50. The van der Waals surface area contributed by atoms with Crippen molar-refractivity contribution in [2.45, 2.75) is 58.0 Å². The summed E-state index contributed by atoms with van der Waals surface area (Å²) in [6.45, 7) is 5.13. The molecular weight excluding hydrogens is 202 g/mol. The number of carbonyl (C=O) groups is 1. The molecule has 0 aromatic carbocycles. The van der Waals surface area contributed by atoms with Crippen molar-refractivity contribution in [2.75, 3.05) is 13.6 Å². The molecule has 1 saturated heterocycles. The number of hydrogen-bond acceptors (Lipinski definition) is 3. The normalized spacial score (nSPS) is 21.2. The third-order valence-electron chi connectivity index (χ3n) is 2.95. The molecule has 1 atom stereocenters. The lowest BCUT2D eigenvalue weighted by Gasteiger charge is -2.11. The fourth-order valence-electron chi connectivity index (χ4n) is 1.97. The maximum absolute atomic E-state index is 11.5. The maximum Gasteiger partial charge on any atom is 0.306 e. The highest BCUT2D eigenvalue weighted by atomic mass is 16.5. The zero-order valence-electron chi connectivity index (χ0n) is 10.6. The van der Waals surface area contributed by atoms with Gasteiger partial charge in [0, 0.05) is 25.9 Å². The summed E-state index contributed by atoms with van der Waals surface area (Å²) in [5.41, 5.74) is 0. The van der Waals surface area contributed by atoms with Gasteiger partial charge in [0.05, 0.1) is 0 Å². The molecule has 1 heterocycles. The predicted molar refractivity (Wildman–Crippen MR) is 64.8 cm³/mol. The first-order chi connectivity index (χ1) is 7.72. The molecule has 0 N–H and O–H groups in total. The number of likely N-dealkylation sites (tertiary alicyclic amines) is 1. The van der Waals surface area contributed by atoms with Crippen molar-refractivity contribution in [3.8, 4) is 0 Å². The van der Waals surface area contributed by atoms with E-state index in [1.165, 1.54) is 19.3 Å². The molecule has 1 fully saturated rings. The first-order valence-corrected chi connectivity index (χ1v) is 6.45. The minimum atomic E-state index is -0.0230. The quantitative estimate of drug-likeness (QED) is 0.494. The van der Waals surface area contributed by atoms with Crippen LogP contribution in [0.3, 0.4) is 0 Å². The Morgan fingerprint density at radius 3 is 2.75 bits per heavy atom. The highest BCUT2D eigenvalue weighted by molar-refractivity contribution is 5.69. The summed E-state index contributed by atoms with van der Waals surface area (Å²) in [4.78, 5) is 13.6. The van der Waals surface area contributed by atoms with Crippen molar-refractivity contribution in [1.29, 1.82) is 0 Å². The lowest BCUT2D eigenvalue weighted by Crippen LogP contribution is -2.21. The van der Waals surface area contributed by atoms with E-state index in [0.29, 0.717) is 6.42 Å². The van der Waals surface area contributed by atoms with E-state index in [4.69, 9.17) is 4.74 Å². The number of rotatable bonds is 7. The van der Waals surface area contributed by atoms with Crippen LogP contribution in [0, 0.1) is 6.54 Å². The molecule has 0 aromatic rings. The Balaban J connectivity index is 1.98. The summed E-state index contributed by atoms with van der Waals surface area (Å²) in [6.07, 6.45) is 7.44. The average molecular weight is 226 g/mol. The molecule has 0 saturated carbocycles. The van der Waals surface area contributed by atoms with Gasteiger partial charge in [-0.2, -0.15) is 0 Å². The van der Waals surface area contributed by atoms with E-state index < -0.39 is 0 Å². The number of unbranched alkanes of at least 4 members (excludes halogenated alkanes) is 4. The summed E-state index contributed by atoms with van der Waals surface area (Å²) in [7, 11) is 2.01. The smallest absolute Gasteiger partial charge is 0.306 e. The molecular formula is C13H24NO2. The molecule has 0 aliphatic carbocycles. The van der Waals surface area contributed by atoms with Gasteiger partial charge in [-0.25, -0.2) is 0 Å². The molecule has 1 aliphatic rings. The van der Waals surface area contributed by atoms with Gasteiger partial charge in [-0.1, -0.05) is 32.6 Å². The van der Waals surface area contributed by atoms with E-state index in [1.807, 2.05) is 7.05 Å². The van der Waals surface area contributed by atoms with Gasteiger partial charge in [0.25, 0.3) is 0 Å². The van der Waals surface area contributed by atoms with E-state index >= 15 is 0 Å². The van der Waals surface area contributed by atoms with Gasteiger partial charge < -0.3 is 4.74 Å². The molecule has 16 heavy (non-hydrogen) atoms. The Labute approximate surface area is 99.1 Å². The Bertz CT molecular complexity index is 206. The van der Waals surface area contributed by atoms with Crippen LogP contribution < -0.4 is 0 Å². The van der Waals surface area contributed by atoms with Crippen molar-refractivity contribution >= 4 is 5.97 Å². The van der Waals surface area contributed by atoms with Crippen molar-refractivity contribution in [3.63, 3.8) is 0 Å². The van der Waals surface area contributed by atoms with Gasteiger partial charge in [0.2, 0.25) is 0 Å². The fourth-order valence-corrected chi connectivity index (χ4v) is 1.97. The molecule has 1 radical (unpaired) electrons. The SMILES string of the molecule is CCCCCCCC(=O)OC1C[CH]N(C)C1. The summed E-state index contributed by atoms with van der Waals surface area (Å²) in [6, 6.07) is 0. The van der Waals surface area contributed by atoms with Crippen LogP contribution in [0.15, 0.2) is 0 Å². The second kappa shape index (κ2) is 7.66. The highest BCUT2D eigenvalue weighted by Gasteiger charge is 2.22. The predicted octanol–water partition coefficient (Wildman–Crippen LogP) is 2.76. The van der Waals surface area contributed by atoms with E-state index in [-0.39, 0.29) is 12.1 Å². The van der Waals surface area contributed by atoms with Crippen molar-refractivity contribution < 1.29 is 9.53 Å². The Kier molecular flexibility index (Phi) is 6.46. The Morgan fingerprint density at radius 1 is 1.38 bits per heavy atom. The zero-order valence-corrected chi connectivity index (χ0v) is 10.6. The lowest BCUT2D eigenvalue weighted by atomic mass is 10.1. The van der Waals surface area contributed by atoms with Crippen LogP contribution in [0.2, 0.25) is 0 Å². The van der Waals surface area contributed by atoms with Crippen LogP contribution in [0.5, 0.6) is 0 Å². The molecule has 1 aliphatic heterocycles. The van der Waals surface area contributed by atoms with E-state index in [9.17, 15) is 4.79 Å². The van der Waals surface area contributed by atoms with E-state index in [2.05, 4.69) is 18.4 Å². The molecule has 3 heteroatoms. The summed E-state index contributed by atoms with van der Waals surface area (Å²) < 4.78 is 5.38. The molecule has 0 spiro atoms. The van der Waals surface area contributed by atoms with Gasteiger partial charge in [-0.15, -0.1) is 0 Å². The van der Waals surface area contributed by atoms with Crippen LogP contribution in [-0.2, 0) is 9.53 Å². The molecule has 0 bridgehead atoms. The van der Waals surface area contributed by atoms with Crippen LogP contribution in [0.1, 0.15) is 51.9 Å². The average Bonchev–Trinajstić information content (AvgIpc) is 2.63. The maximum atomic E-state index is 11.5. The third-order valence-corrected chi connectivity index (χ3v) is 2.95. The summed E-state index contributed by atoms with van der Waals surface area (Å²) >= 11 is 0. The molecule has 93 valence electrons. The number of esters is 1. The summed E-state index contributed by atoms with van der Waals surface area (Å²) in [5, 5.41) is 0. The monoisotopic (exact) mass is 226 g/mol. The topological polar surface area (TPSA) is 29.5 Å². The zero-order chi connectivity index (χ0) is 11.8. The molecule has 0 amide bonds. The Morgan fingerprint density at radius 2 is 2.12 bits per heavy atom. The first kappa shape index (κ1) is 13.5. The Hall–Kier alpha value is -0.570. The van der Waals surface area contributed by atoms with Gasteiger partial charge in [0.1, 0.15) is 6.10 Å². The second-order valence-electron chi connectivity index (χ2n) is 4.63. The van der Waals surface area contributed by atoms with E-state index in [0.717, 1.165) is 25.8 Å². The van der Waals surface area contributed by atoms with Crippen LogP contribution in [-0.4, -0.2) is 30.6 Å².